The van der Waals surface area contributed by atoms with E-state index in [1.165, 1.54) is 0 Å². The molecule has 0 fully saturated rings. The maximum Gasteiger partial charge on any atom is 0.198 e. The first-order valence-corrected chi connectivity index (χ1v) is 5.07. The molecule has 0 amide bonds. The zero-order valence-corrected chi connectivity index (χ0v) is 9.14. The Balaban J connectivity index is 2.42. The molecule has 4 nitrogen and oxygen atoms in total. The van der Waals surface area contributed by atoms with Crippen LogP contribution in [0.15, 0.2) is 24.5 Å². The van der Waals surface area contributed by atoms with Gasteiger partial charge in [0.05, 0.1) is 0 Å². The van der Waals surface area contributed by atoms with Gasteiger partial charge in [0, 0.05) is 29.6 Å². The summed E-state index contributed by atoms with van der Waals surface area (Å²) in [6.45, 7) is 2.07. The van der Waals surface area contributed by atoms with Crippen LogP contribution in [0.3, 0.4) is 0 Å². The normalized spacial score (nSPS) is 12.6. The molecule has 1 atom stereocenters. The van der Waals surface area contributed by atoms with E-state index in [0.717, 1.165) is 11.3 Å². The van der Waals surface area contributed by atoms with Crippen molar-refractivity contribution in [3.63, 3.8) is 0 Å². The van der Waals surface area contributed by atoms with Crippen molar-refractivity contribution in [3.8, 4) is 0 Å². The highest BCUT2D eigenvalue weighted by atomic mass is 32.1. The molecule has 78 valence electrons. The Labute approximate surface area is 92.6 Å². The SMILES string of the molecule is CC(c1ccc[nH]1)c1cnc(=S)[nH]c1N. The third kappa shape index (κ3) is 1.92. The molecule has 0 saturated heterocycles. The van der Waals surface area contributed by atoms with Gasteiger partial charge >= 0.3 is 0 Å². The molecule has 1 unspecified atom stereocenters. The number of hydrogen-bond donors (Lipinski definition) is 3. The first-order valence-electron chi connectivity index (χ1n) is 4.66. The molecule has 0 saturated carbocycles. The molecule has 0 aliphatic heterocycles. The van der Waals surface area contributed by atoms with Gasteiger partial charge in [-0.05, 0) is 24.4 Å². The molecule has 0 radical (unpaired) electrons. The van der Waals surface area contributed by atoms with Gasteiger partial charge < -0.3 is 15.7 Å². The van der Waals surface area contributed by atoms with Crippen LogP contribution in [0.25, 0.3) is 0 Å². The monoisotopic (exact) mass is 220 g/mol. The molecule has 0 bridgehead atoms. The molecule has 2 aromatic heterocycles. The van der Waals surface area contributed by atoms with E-state index in [1.54, 1.807) is 6.20 Å². The van der Waals surface area contributed by atoms with E-state index >= 15 is 0 Å². The van der Waals surface area contributed by atoms with Crippen molar-refractivity contribution in [1.29, 1.82) is 0 Å². The number of nitrogen functional groups attached to an aromatic ring is 1. The number of nitrogens with zero attached hydrogens (tertiary/aromatic N) is 1. The number of nitrogens with one attached hydrogen (secondary N) is 2. The molecule has 2 rings (SSSR count). The summed E-state index contributed by atoms with van der Waals surface area (Å²) in [6.07, 6.45) is 3.61. The van der Waals surface area contributed by atoms with Crippen LogP contribution in [0, 0.1) is 4.77 Å². The van der Waals surface area contributed by atoms with E-state index in [4.69, 9.17) is 18.0 Å². The van der Waals surface area contributed by atoms with E-state index in [0.29, 0.717) is 10.6 Å². The van der Waals surface area contributed by atoms with Crippen molar-refractivity contribution in [1.82, 2.24) is 15.0 Å². The Bertz CT molecular complexity index is 500. The number of aromatic amines is 2. The highest BCUT2D eigenvalue weighted by molar-refractivity contribution is 7.71. The molecule has 0 aliphatic rings. The second-order valence-electron chi connectivity index (χ2n) is 3.40. The van der Waals surface area contributed by atoms with E-state index < -0.39 is 0 Å². The van der Waals surface area contributed by atoms with Crippen LogP contribution in [-0.2, 0) is 0 Å². The van der Waals surface area contributed by atoms with Gasteiger partial charge in [0.1, 0.15) is 5.82 Å². The lowest BCUT2D eigenvalue weighted by atomic mass is 10.0. The molecular weight excluding hydrogens is 208 g/mol. The van der Waals surface area contributed by atoms with Crippen molar-refractivity contribution >= 4 is 18.0 Å². The Morgan fingerprint density at radius 1 is 1.53 bits per heavy atom. The summed E-state index contributed by atoms with van der Waals surface area (Å²) in [4.78, 5) is 10.0. The smallest absolute Gasteiger partial charge is 0.198 e. The number of aromatic nitrogens is 3. The Morgan fingerprint density at radius 2 is 2.33 bits per heavy atom. The fourth-order valence-corrected chi connectivity index (χ4v) is 1.71. The summed E-state index contributed by atoms with van der Waals surface area (Å²) in [5.41, 5.74) is 7.91. The summed E-state index contributed by atoms with van der Waals surface area (Å²) in [5, 5.41) is 0. The molecule has 2 heterocycles. The summed E-state index contributed by atoms with van der Waals surface area (Å²) < 4.78 is 0.412. The van der Waals surface area contributed by atoms with Gasteiger partial charge in [-0.3, -0.25) is 0 Å². The Kier molecular flexibility index (Phi) is 2.55. The number of hydrogen-bond acceptors (Lipinski definition) is 3. The van der Waals surface area contributed by atoms with Gasteiger partial charge in [0.15, 0.2) is 4.77 Å². The molecule has 4 N–H and O–H groups in total. The van der Waals surface area contributed by atoms with Crippen LogP contribution < -0.4 is 5.73 Å². The van der Waals surface area contributed by atoms with Crippen LogP contribution in [-0.4, -0.2) is 15.0 Å². The third-order valence-electron chi connectivity index (χ3n) is 2.43. The van der Waals surface area contributed by atoms with Crippen LogP contribution in [0.4, 0.5) is 5.82 Å². The van der Waals surface area contributed by atoms with Gasteiger partial charge in [-0.15, -0.1) is 0 Å². The van der Waals surface area contributed by atoms with E-state index in [1.807, 2.05) is 18.3 Å². The summed E-state index contributed by atoms with van der Waals surface area (Å²) in [5.74, 6) is 0.761. The average molecular weight is 220 g/mol. The van der Waals surface area contributed by atoms with Crippen molar-refractivity contribution < 1.29 is 0 Å². The zero-order valence-electron chi connectivity index (χ0n) is 8.32. The summed E-state index contributed by atoms with van der Waals surface area (Å²) in [6, 6.07) is 3.98. The first kappa shape index (κ1) is 9.92. The summed E-state index contributed by atoms with van der Waals surface area (Å²) >= 11 is 4.89. The summed E-state index contributed by atoms with van der Waals surface area (Å²) in [7, 11) is 0. The lowest BCUT2D eigenvalue weighted by Gasteiger charge is -2.11. The van der Waals surface area contributed by atoms with Crippen LogP contribution >= 0.6 is 12.2 Å². The molecule has 0 aliphatic carbocycles. The van der Waals surface area contributed by atoms with E-state index in [2.05, 4.69) is 21.9 Å². The topological polar surface area (TPSA) is 70.5 Å². The Hall–Kier alpha value is -1.62. The maximum atomic E-state index is 5.85. The minimum atomic E-state index is 0.180. The zero-order chi connectivity index (χ0) is 10.8. The predicted molar refractivity (Wildman–Crippen MR) is 62.1 cm³/mol. The quantitative estimate of drug-likeness (QED) is 0.679. The standard InChI is InChI=1S/C10H12N4S/c1-6(8-3-2-4-12-8)7-5-13-10(15)14-9(7)11/h2-6,12H,1H3,(H3,11,13,14,15). The average Bonchev–Trinajstić information content (AvgIpc) is 2.69. The molecule has 0 spiro atoms. The number of H-pyrrole nitrogens is 2. The first-order chi connectivity index (χ1) is 7.18. The van der Waals surface area contributed by atoms with Gasteiger partial charge in [-0.1, -0.05) is 6.92 Å². The van der Waals surface area contributed by atoms with Gasteiger partial charge in [-0.2, -0.15) is 0 Å². The molecule has 15 heavy (non-hydrogen) atoms. The number of rotatable bonds is 2. The molecule has 0 aromatic carbocycles. The molecule has 5 heteroatoms. The van der Waals surface area contributed by atoms with E-state index in [-0.39, 0.29) is 5.92 Å². The third-order valence-corrected chi connectivity index (χ3v) is 2.64. The largest absolute Gasteiger partial charge is 0.385 e. The lowest BCUT2D eigenvalue weighted by molar-refractivity contribution is 0.865. The second kappa shape index (κ2) is 3.86. The number of nitrogens with two attached hydrogens (primary N) is 1. The fraction of sp³-hybridized carbons (Fsp3) is 0.200. The second-order valence-corrected chi connectivity index (χ2v) is 3.79. The molecular formula is C10H12N4S. The number of anilines is 1. The van der Waals surface area contributed by atoms with Gasteiger partial charge in [0.25, 0.3) is 0 Å². The van der Waals surface area contributed by atoms with Crippen LogP contribution in [0.2, 0.25) is 0 Å². The minimum absolute atomic E-state index is 0.180. The van der Waals surface area contributed by atoms with Crippen molar-refractivity contribution in [2.75, 3.05) is 5.73 Å². The lowest BCUT2D eigenvalue weighted by Crippen LogP contribution is -2.04. The van der Waals surface area contributed by atoms with Gasteiger partial charge in [0.2, 0.25) is 0 Å². The van der Waals surface area contributed by atoms with Crippen molar-refractivity contribution in [3.05, 3.63) is 40.6 Å². The molecule has 2 aromatic rings. The Morgan fingerprint density at radius 3 is 2.93 bits per heavy atom. The highest BCUT2D eigenvalue weighted by Gasteiger charge is 2.12. The maximum absolute atomic E-state index is 5.85. The van der Waals surface area contributed by atoms with Crippen molar-refractivity contribution in [2.45, 2.75) is 12.8 Å². The fourth-order valence-electron chi connectivity index (χ4n) is 1.54. The van der Waals surface area contributed by atoms with Crippen LogP contribution in [0.1, 0.15) is 24.1 Å². The predicted octanol–water partition coefficient (Wildman–Crippen LogP) is 2.20. The van der Waals surface area contributed by atoms with Crippen molar-refractivity contribution in [2.24, 2.45) is 0 Å². The van der Waals surface area contributed by atoms with E-state index in [9.17, 15) is 0 Å². The minimum Gasteiger partial charge on any atom is -0.385 e. The van der Waals surface area contributed by atoms with Gasteiger partial charge in [-0.25, -0.2) is 4.98 Å². The van der Waals surface area contributed by atoms with Crippen LogP contribution in [0.5, 0.6) is 0 Å². The highest BCUT2D eigenvalue weighted by Crippen LogP contribution is 2.24.